The molecule has 1 aliphatic rings. The summed E-state index contributed by atoms with van der Waals surface area (Å²) in [4.78, 5) is 23.5. The largest absolute Gasteiger partial charge is 0.481 e. The smallest absolute Gasteiger partial charge is 0.307 e. The fourth-order valence-electron chi connectivity index (χ4n) is 2.78. The highest BCUT2D eigenvalue weighted by Gasteiger charge is 2.65. The lowest BCUT2D eigenvalue weighted by Crippen LogP contribution is -2.18. The molecule has 2 N–H and O–H groups in total. The summed E-state index contributed by atoms with van der Waals surface area (Å²) in [5.41, 5.74) is 1.07. The number of hydrogen-bond donors (Lipinski definition) is 2. The standard InChI is InChI=1S/C16H21NO4/c1-4-21-9-10-7-5-6-8-11(10)17-14(18)12-13(15(19)20)16(12,2)3/h5-8,12-13H,4,9H2,1-3H3,(H,17,18)(H,19,20)/t12-,13+/m1/s1. The van der Waals surface area contributed by atoms with E-state index in [1.807, 2.05) is 39.0 Å². The summed E-state index contributed by atoms with van der Waals surface area (Å²) in [6, 6.07) is 7.40. The van der Waals surface area contributed by atoms with Crippen molar-refractivity contribution in [1.82, 2.24) is 0 Å². The Morgan fingerprint density at radius 2 is 1.95 bits per heavy atom. The van der Waals surface area contributed by atoms with E-state index in [1.54, 1.807) is 6.07 Å². The Bertz CT molecular complexity index is 553. The molecule has 1 aliphatic carbocycles. The van der Waals surface area contributed by atoms with Crippen LogP contribution in [0.1, 0.15) is 26.3 Å². The Kier molecular flexibility index (Phi) is 4.32. The molecule has 1 aromatic carbocycles. The third-order valence-corrected chi connectivity index (χ3v) is 4.11. The molecule has 0 radical (unpaired) electrons. The predicted octanol–water partition coefficient (Wildman–Crippen LogP) is 2.52. The summed E-state index contributed by atoms with van der Waals surface area (Å²) in [6.45, 7) is 6.54. The molecule has 2 atom stereocenters. The van der Waals surface area contributed by atoms with Crippen LogP contribution in [0.2, 0.25) is 0 Å². The van der Waals surface area contributed by atoms with Crippen molar-refractivity contribution >= 4 is 17.6 Å². The third-order valence-electron chi connectivity index (χ3n) is 4.11. The number of carbonyl (C=O) groups is 2. The minimum absolute atomic E-state index is 0.239. The van der Waals surface area contributed by atoms with E-state index in [1.165, 1.54) is 0 Å². The molecule has 0 heterocycles. The summed E-state index contributed by atoms with van der Waals surface area (Å²) in [5, 5.41) is 12.0. The van der Waals surface area contributed by atoms with Crippen LogP contribution in [0, 0.1) is 17.3 Å². The number of amides is 1. The van der Waals surface area contributed by atoms with Gasteiger partial charge in [-0.05, 0) is 18.4 Å². The lowest BCUT2D eigenvalue weighted by Gasteiger charge is -2.11. The number of carboxylic acids is 1. The van der Waals surface area contributed by atoms with E-state index in [-0.39, 0.29) is 5.91 Å². The molecule has 21 heavy (non-hydrogen) atoms. The van der Waals surface area contributed by atoms with Crippen molar-refractivity contribution in [2.75, 3.05) is 11.9 Å². The average molecular weight is 291 g/mol. The SMILES string of the molecule is CCOCc1ccccc1NC(=O)[C@H]1[C@@H](C(=O)O)C1(C)C. The number of nitrogens with one attached hydrogen (secondary N) is 1. The van der Waals surface area contributed by atoms with Gasteiger partial charge in [0.15, 0.2) is 0 Å². The van der Waals surface area contributed by atoms with Gasteiger partial charge in [-0.15, -0.1) is 0 Å². The first-order valence-corrected chi connectivity index (χ1v) is 7.09. The lowest BCUT2D eigenvalue weighted by molar-refractivity contribution is -0.140. The van der Waals surface area contributed by atoms with E-state index in [2.05, 4.69) is 5.32 Å². The average Bonchev–Trinajstić information content (AvgIpc) is 3.01. The number of carboxylic acid groups (broad SMARTS) is 1. The first-order chi connectivity index (χ1) is 9.89. The predicted molar refractivity (Wildman–Crippen MR) is 78.8 cm³/mol. The molecule has 114 valence electrons. The molecule has 2 rings (SSSR count). The van der Waals surface area contributed by atoms with Crippen LogP contribution in [0.3, 0.4) is 0 Å². The molecular weight excluding hydrogens is 270 g/mol. The number of rotatable bonds is 6. The topological polar surface area (TPSA) is 75.6 Å². The van der Waals surface area contributed by atoms with Gasteiger partial charge < -0.3 is 15.2 Å². The van der Waals surface area contributed by atoms with Gasteiger partial charge in [-0.25, -0.2) is 0 Å². The Balaban J connectivity index is 2.09. The summed E-state index contributed by atoms with van der Waals surface area (Å²) >= 11 is 0. The Morgan fingerprint density at radius 3 is 2.52 bits per heavy atom. The van der Waals surface area contributed by atoms with Crippen LogP contribution in [-0.4, -0.2) is 23.6 Å². The minimum atomic E-state index is -0.914. The van der Waals surface area contributed by atoms with Gasteiger partial charge in [0.25, 0.3) is 0 Å². The quantitative estimate of drug-likeness (QED) is 0.844. The molecule has 0 bridgehead atoms. The summed E-state index contributed by atoms with van der Waals surface area (Å²) < 4.78 is 5.37. The molecule has 1 aromatic rings. The first kappa shape index (κ1) is 15.5. The highest BCUT2D eigenvalue weighted by atomic mass is 16.5. The lowest BCUT2D eigenvalue weighted by atomic mass is 10.1. The number of para-hydroxylation sites is 1. The number of ether oxygens (including phenoxy) is 1. The Morgan fingerprint density at radius 1 is 1.29 bits per heavy atom. The molecule has 5 heteroatoms. The van der Waals surface area contributed by atoms with Gasteiger partial charge in [-0.1, -0.05) is 32.0 Å². The molecule has 1 fully saturated rings. The second-order valence-electron chi connectivity index (χ2n) is 5.90. The zero-order valence-corrected chi connectivity index (χ0v) is 12.6. The minimum Gasteiger partial charge on any atom is -0.481 e. The highest BCUT2D eigenvalue weighted by molar-refractivity contribution is 6.00. The molecule has 5 nitrogen and oxygen atoms in total. The fraction of sp³-hybridized carbons (Fsp3) is 0.500. The summed E-state index contributed by atoms with van der Waals surface area (Å²) in [7, 11) is 0. The van der Waals surface area contributed by atoms with E-state index in [0.717, 1.165) is 5.56 Å². The fourth-order valence-corrected chi connectivity index (χ4v) is 2.78. The summed E-state index contributed by atoms with van der Waals surface area (Å²) in [6.07, 6.45) is 0. The third kappa shape index (κ3) is 3.08. The van der Waals surface area contributed by atoms with E-state index in [4.69, 9.17) is 9.84 Å². The maximum atomic E-state index is 12.3. The second-order valence-corrected chi connectivity index (χ2v) is 5.90. The Hall–Kier alpha value is -1.88. The van der Waals surface area contributed by atoms with E-state index < -0.39 is 23.2 Å². The normalized spacial score (nSPS) is 22.6. The number of carbonyl (C=O) groups excluding carboxylic acids is 1. The van der Waals surface area contributed by atoms with E-state index >= 15 is 0 Å². The molecule has 0 aromatic heterocycles. The van der Waals surface area contributed by atoms with Crippen LogP contribution in [0.4, 0.5) is 5.69 Å². The van der Waals surface area contributed by atoms with Crippen molar-refractivity contribution in [3.63, 3.8) is 0 Å². The van der Waals surface area contributed by atoms with Gasteiger partial charge in [0.2, 0.25) is 5.91 Å². The monoisotopic (exact) mass is 291 g/mol. The molecule has 0 aliphatic heterocycles. The second kappa shape index (κ2) is 5.85. The van der Waals surface area contributed by atoms with Crippen LogP contribution in [0.25, 0.3) is 0 Å². The number of anilines is 1. The Labute approximate surface area is 124 Å². The van der Waals surface area contributed by atoms with Crippen molar-refractivity contribution < 1.29 is 19.4 Å². The first-order valence-electron chi connectivity index (χ1n) is 7.09. The molecule has 0 unspecified atom stereocenters. The van der Waals surface area contributed by atoms with Crippen LogP contribution in [0.5, 0.6) is 0 Å². The van der Waals surface area contributed by atoms with Crippen LogP contribution >= 0.6 is 0 Å². The molecular formula is C16H21NO4. The van der Waals surface area contributed by atoms with Gasteiger partial charge in [0.05, 0.1) is 18.4 Å². The van der Waals surface area contributed by atoms with E-state index in [9.17, 15) is 9.59 Å². The maximum Gasteiger partial charge on any atom is 0.307 e. The van der Waals surface area contributed by atoms with Gasteiger partial charge >= 0.3 is 5.97 Å². The zero-order chi connectivity index (χ0) is 15.6. The molecule has 1 amide bonds. The van der Waals surface area contributed by atoms with Crippen molar-refractivity contribution in [2.24, 2.45) is 17.3 Å². The molecule has 0 saturated heterocycles. The van der Waals surface area contributed by atoms with Crippen LogP contribution in [-0.2, 0) is 20.9 Å². The van der Waals surface area contributed by atoms with Gasteiger partial charge in [0.1, 0.15) is 0 Å². The summed E-state index contributed by atoms with van der Waals surface area (Å²) in [5.74, 6) is -2.26. The van der Waals surface area contributed by atoms with Gasteiger partial charge in [-0.3, -0.25) is 9.59 Å². The zero-order valence-electron chi connectivity index (χ0n) is 12.6. The number of benzene rings is 1. The highest BCUT2D eigenvalue weighted by Crippen LogP contribution is 2.58. The molecule has 0 spiro atoms. The van der Waals surface area contributed by atoms with Crippen LogP contribution < -0.4 is 5.32 Å². The van der Waals surface area contributed by atoms with Crippen molar-refractivity contribution in [1.29, 1.82) is 0 Å². The number of hydrogen-bond acceptors (Lipinski definition) is 3. The van der Waals surface area contributed by atoms with E-state index in [0.29, 0.717) is 18.9 Å². The molecule has 1 saturated carbocycles. The van der Waals surface area contributed by atoms with Crippen molar-refractivity contribution in [3.05, 3.63) is 29.8 Å². The van der Waals surface area contributed by atoms with Gasteiger partial charge in [-0.2, -0.15) is 0 Å². The van der Waals surface area contributed by atoms with Crippen molar-refractivity contribution in [3.8, 4) is 0 Å². The van der Waals surface area contributed by atoms with Crippen molar-refractivity contribution in [2.45, 2.75) is 27.4 Å². The van der Waals surface area contributed by atoms with Gasteiger partial charge in [0, 0.05) is 17.9 Å². The maximum absolute atomic E-state index is 12.3. The van der Waals surface area contributed by atoms with Crippen LogP contribution in [0.15, 0.2) is 24.3 Å². The number of aliphatic carboxylic acids is 1.